The Balaban J connectivity index is 1.23. The van der Waals surface area contributed by atoms with E-state index in [1.165, 1.54) is 42.9 Å². The molecule has 11 aromatic carbocycles. The molecule has 3 atom stereocenters. The van der Waals surface area contributed by atoms with Gasteiger partial charge in [0.2, 0.25) is 0 Å². The van der Waals surface area contributed by atoms with Crippen molar-refractivity contribution in [2.24, 2.45) is 5.41 Å². The van der Waals surface area contributed by atoms with Gasteiger partial charge in [-0.1, -0.05) is 57.4 Å². The highest BCUT2D eigenvalue weighted by Gasteiger charge is 2.90. The van der Waals surface area contributed by atoms with Crippen LogP contribution in [0.4, 0.5) is 0 Å². The highest BCUT2D eigenvalue weighted by molar-refractivity contribution is 7.12. The minimum absolute atomic E-state index is 0.0149. The van der Waals surface area contributed by atoms with E-state index in [1.54, 1.807) is 151 Å². The average Bonchev–Trinajstić information content (AvgIpc) is 3.94. The number of rotatable bonds is 6. The van der Waals surface area contributed by atoms with Crippen LogP contribution in [0.15, 0.2) is 42.5 Å². The first-order valence-corrected chi connectivity index (χ1v) is 21.1. The standard InChI is InChI=1S/C51H30S/c1-3-5-6-9-50(28-8-7-27(4-2)52-28)49-17-25-15-23-13-21-12-22-11-19-10-20-14-24-16-26(18-49)47-45-34(24)38-30(20)29(19)36-33(22)37-31(21)32(23)39-35(25)48(51(47,49)50)46-43(39)41(37)40(36)42(38)44(45)46/h7-8,10,12,14-16,18H,3-6,9,11,13,17H2,1-2H3. The molecule has 1 fully saturated rings. The average molecular weight is 675 g/mol. The van der Waals surface area contributed by atoms with Gasteiger partial charge >= 0.3 is 0 Å². The molecule has 1 saturated carbocycles. The molecular weight excluding hydrogens is 645 g/mol. The van der Waals surface area contributed by atoms with E-state index < -0.39 is 0 Å². The summed E-state index contributed by atoms with van der Waals surface area (Å²) < 4.78 is 0. The zero-order chi connectivity index (χ0) is 32.8. The molecule has 0 saturated heterocycles. The van der Waals surface area contributed by atoms with Gasteiger partial charge in [-0.05, 0) is 208 Å². The van der Waals surface area contributed by atoms with Crippen molar-refractivity contribution in [3.05, 3.63) is 96.4 Å². The lowest BCUT2D eigenvalue weighted by Gasteiger charge is -2.32. The van der Waals surface area contributed by atoms with Gasteiger partial charge < -0.3 is 0 Å². The highest BCUT2D eigenvalue weighted by atomic mass is 32.1. The van der Waals surface area contributed by atoms with E-state index in [2.05, 4.69) is 73.7 Å². The zero-order valence-corrected chi connectivity index (χ0v) is 30.0. The normalized spacial score (nSPS) is 25.7. The minimum atomic E-state index is 0.0149. The molecule has 0 aliphatic heterocycles. The van der Waals surface area contributed by atoms with Crippen LogP contribution in [0.2, 0.25) is 0 Å². The minimum Gasteiger partial charge on any atom is -0.145 e. The summed E-state index contributed by atoms with van der Waals surface area (Å²) >= 11 is 2.18. The van der Waals surface area contributed by atoms with Crippen molar-refractivity contribution in [3.8, 4) is 0 Å². The third-order valence-corrected chi connectivity index (χ3v) is 18.7. The zero-order valence-electron chi connectivity index (χ0n) is 29.2. The van der Waals surface area contributed by atoms with Crippen LogP contribution in [-0.4, -0.2) is 0 Å². The van der Waals surface area contributed by atoms with Gasteiger partial charge in [0.15, 0.2) is 0 Å². The van der Waals surface area contributed by atoms with Crippen molar-refractivity contribution >= 4 is 125 Å². The smallest absolute Gasteiger partial charge is 0.0444 e. The monoisotopic (exact) mass is 674 g/mol. The van der Waals surface area contributed by atoms with Crippen molar-refractivity contribution in [1.29, 1.82) is 0 Å². The van der Waals surface area contributed by atoms with Gasteiger partial charge in [0.05, 0.1) is 0 Å². The summed E-state index contributed by atoms with van der Waals surface area (Å²) in [6.45, 7) is 4.76. The van der Waals surface area contributed by atoms with Crippen LogP contribution in [0.1, 0.15) is 88.2 Å². The summed E-state index contributed by atoms with van der Waals surface area (Å²) in [5.74, 6) is 0. The molecule has 0 radical (unpaired) electrons. The van der Waals surface area contributed by atoms with Crippen molar-refractivity contribution in [1.82, 2.24) is 0 Å². The fraction of sp³-hybridized carbons (Fsp3) is 0.255. The van der Waals surface area contributed by atoms with Crippen LogP contribution in [0, 0.1) is 5.41 Å². The quantitative estimate of drug-likeness (QED) is 0.122. The molecule has 240 valence electrons. The summed E-state index contributed by atoms with van der Waals surface area (Å²) in [7, 11) is 0. The second-order valence-corrected chi connectivity index (χ2v) is 19.8. The van der Waals surface area contributed by atoms with Gasteiger partial charge in [-0.3, -0.25) is 0 Å². The highest BCUT2D eigenvalue weighted by Crippen LogP contribution is 2.91. The maximum Gasteiger partial charge on any atom is 0.0444 e. The van der Waals surface area contributed by atoms with Crippen molar-refractivity contribution < 1.29 is 0 Å². The van der Waals surface area contributed by atoms with Crippen LogP contribution in [-0.2, 0) is 36.5 Å². The topological polar surface area (TPSA) is 0 Å². The molecule has 3 unspecified atom stereocenters. The van der Waals surface area contributed by atoms with Crippen LogP contribution in [0.5, 0.6) is 0 Å². The predicted molar refractivity (Wildman–Crippen MR) is 220 cm³/mol. The number of hydrogen-bond acceptors (Lipinski definition) is 1. The summed E-state index contributed by atoms with van der Waals surface area (Å²) in [6, 6.07) is 18.5. The first-order chi connectivity index (χ1) is 25.7. The molecule has 1 spiro atoms. The van der Waals surface area contributed by atoms with E-state index >= 15 is 0 Å². The fourth-order valence-corrected chi connectivity index (χ4v) is 17.7. The van der Waals surface area contributed by atoms with Gasteiger partial charge in [0, 0.05) is 26.0 Å². The molecule has 6 aliphatic rings. The Morgan fingerprint density at radius 1 is 0.538 bits per heavy atom. The summed E-state index contributed by atoms with van der Waals surface area (Å²) in [4.78, 5) is 3.26. The lowest BCUT2D eigenvalue weighted by molar-refractivity contribution is 0.471. The van der Waals surface area contributed by atoms with Crippen molar-refractivity contribution in [2.75, 3.05) is 0 Å². The Morgan fingerprint density at radius 2 is 1.13 bits per heavy atom. The molecule has 6 aliphatic carbocycles. The molecule has 1 heterocycles. The lowest BCUT2D eigenvalue weighted by atomic mass is 9.70. The van der Waals surface area contributed by atoms with Crippen LogP contribution in [0.25, 0.3) is 114 Å². The van der Waals surface area contributed by atoms with E-state index in [0.717, 1.165) is 19.3 Å². The Bertz CT molecular complexity index is 3890. The Labute approximate surface area is 301 Å². The first kappa shape index (κ1) is 24.5. The van der Waals surface area contributed by atoms with E-state index in [0.29, 0.717) is 0 Å². The molecule has 1 heteroatoms. The number of benzene rings is 7. The molecule has 1 aromatic heterocycles. The lowest BCUT2D eigenvalue weighted by Crippen LogP contribution is -2.30. The molecule has 0 bridgehead atoms. The maximum absolute atomic E-state index is 2.93. The third kappa shape index (κ3) is 1.75. The SMILES string of the molecule is CCCCCC1(c2ccc(CC)s2)C23C=c4cc5cc6cc7c8c6c6c5c5c4C21c1c2c(cc4c9c%10c(cc(c%11c%10c%10c(c1c5c6c%10c8%11)c29)C7)C4)C3. The van der Waals surface area contributed by atoms with Gasteiger partial charge in [-0.25, -0.2) is 0 Å². The largest absolute Gasteiger partial charge is 0.145 e. The fourth-order valence-electron chi connectivity index (χ4n) is 16.4. The van der Waals surface area contributed by atoms with Crippen LogP contribution >= 0.6 is 11.3 Å². The van der Waals surface area contributed by atoms with Crippen LogP contribution < -0.4 is 5.22 Å². The molecule has 0 N–H and O–H groups in total. The van der Waals surface area contributed by atoms with Gasteiger partial charge in [0.1, 0.15) is 0 Å². The molecule has 0 nitrogen and oxygen atoms in total. The second-order valence-electron chi connectivity index (χ2n) is 18.6. The van der Waals surface area contributed by atoms with E-state index in [-0.39, 0.29) is 16.2 Å². The van der Waals surface area contributed by atoms with Crippen molar-refractivity contribution in [3.63, 3.8) is 0 Å². The summed E-state index contributed by atoms with van der Waals surface area (Å²) in [5.41, 5.74) is 11.9. The molecule has 18 rings (SSSR count). The molecule has 0 amide bonds. The third-order valence-electron chi connectivity index (χ3n) is 17.3. The Morgan fingerprint density at radius 3 is 1.90 bits per heavy atom. The van der Waals surface area contributed by atoms with Gasteiger partial charge in [-0.2, -0.15) is 0 Å². The number of aryl methyl sites for hydroxylation is 1. The summed E-state index contributed by atoms with van der Waals surface area (Å²) in [5, 5.41) is 34.3. The van der Waals surface area contributed by atoms with Crippen molar-refractivity contribution in [2.45, 2.75) is 76.0 Å². The van der Waals surface area contributed by atoms with E-state index in [1.807, 2.05) is 0 Å². The molecule has 12 aromatic rings. The van der Waals surface area contributed by atoms with Gasteiger partial charge in [-0.15, -0.1) is 11.3 Å². The van der Waals surface area contributed by atoms with Crippen LogP contribution in [0.3, 0.4) is 0 Å². The number of thiophene rings is 1. The number of hydrogen-bond donors (Lipinski definition) is 0. The molecular formula is C51H30S. The van der Waals surface area contributed by atoms with Gasteiger partial charge in [0.25, 0.3) is 0 Å². The maximum atomic E-state index is 2.93. The van der Waals surface area contributed by atoms with E-state index in [9.17, 15) is 0 Å². The second kappa shape index (κ2) is 6.56. The Kier molecular flexibility index (Phi) is 3.09. The number of unbranched alkanes of at least 4 members (excludes halogenated alkanes) is 2. The van der Waals surface area contributed by atoms with E-state index in [4.69, 9.17) is 0 Å². The summed E-state index contributed by atoms with van der Waals surface area (Å²) in [6.07, 6.45) is 12.6. The predicted octanol–water partition coefficient (Wildman–Crippen LogP) is 12.5. The molecule has 52 heavy (non-hydrogen) atoms. The Hall–Kier alpha value is -4.72. The first-order valence-electron chi connectivity index (χ1n) is 20.3.